The smallest absolute Gasteiger partial charge is 0.329 e. The van der Waals surface area contributed by atoms with Crippen LogP contribution in [0.15, 0.2) is 12.2 Å². The number of ether oxygens (including phenoxy) is 1. The Balaban J connectivity index is 1.86. The number of rotatable bonds is 7. The first kappa shape index (κ1) is 20.7. The minimum atomic E-state index is -0.698. The molecule has 0 radical (unpaired) electrons. The highest BCUT2D eigenvalue weighted by Crippen LogP contribution is 2.26. The molecule has 0 aromatic carbocycles. The predicted molar refractivity (Wildman–Crippen MR) is 100 cm³/mol. The maximum Gasteiger partial charge on any atom is 0.329 e. The lowest BCUT2D eigenvalue weighted by atomic mass is 9.84. The summed E-state index contributed by atoms with van der Waals surface area (Å²) in [5.41, 5.74) is -0.698. The van der Waals surface area contributed by atoms with Gasteiger partial charge in [-0.3, -0.25) is 9.59 Å². The van der Waals surface area contributed by atoms with Gasteiger partial charge < -0.3 is 9.64 Å². The van der Waals surface area contributed by atoms with Gasteiger partial charge in [-0.15, -0.1) is 0 Å². The van der Waals surface area contributed by atoms with Crippen molar-refractivity contribution in [2.75, 3.05) is 13.2 Å². The van der Waals surface area contributed by atoms with Crippen LogP contribution in [0.3, 0.4) is 0 Å². The number of ketones is 1. The van der Waals surface area contributed by atoms with Crippen LogP contribution in [0, 0.1) is 11.3 Å². The van der Waals surface area contributed by atoms with E-state index in [9.17, 15) is 14.4 Å². The van der Waals surface area contributed by atoms with Crippen molar-refractivity contribution in [1.29, 1.82) is 0 Å². The molecular formula is C21H33NO4. The first-order chi connectivity index (χ1) is 12.4. The number of amides is 1. The predicted octanol–water partition coefficient (Wildman–Crippen LogP) is 3.66. The van der Waals surface area contributed by atoms with Crippen molar-refractivity contribution in [2.24, 2.45) is 11.3 Å². The lowest BCUT2D eigenvalue weighted by Gasteiger charge is -2.27. The van der Waals surface area contributed by atoms with E-state index in [-0.39, 0.29) is 6.61 Å². The molecule has 1 saturated heterocycles. The zero-order valence-corrected chi connectivity index (χ0v) is 16.5. The van der Waals surface area contributed by atoms with E-state index in [1.165, 1.54) is 37.0 Å². The molecule has 1 aliphatic heterocycles. The van der Waals surface area contributed by atoms with Crippen LogP contribution >= 0.6 is 0 Å². The third-order valence-corrected chi connectivity index (χ3v) is 5.86. The Morgan fingerprint density at radius 2 is 1.77 bits per heavy atom. The minimum absolute atomic E-state index is 0.238. The van der Waals surface area contributed by atoms with Crippen molar-refractivity contribution in [3.8, 4) is 0 Å². The summed E-state index contributed by atoms with van der Waals surface area (Å²) in [7, 11) is 0. The molecule has 2 rings (SSSR count). The summed E-state index contributed by atoms with van der Waals surface area (Å²) in [5.74, 6) is -0.766. The second-order valence-corrected chi connectivity index (χ2v) is 8.18. The number of nitrogens with zero attached hydrogens (tertiary/aromatic N) is 1. The van der Waals surface area contributed by atoms with Crippen molar-refractivity contribution in [1.82, 2.24) is 4.90 Å². The third kappa shape index (κ3) is 5.18. The van der Waals surface area contributed by atoms with Crippen LogP contribution < -0.4 is 0 Å². The van der Waals surface area contributed by atoms with E-state index in [4.69, 9.17) is 4.74 Å². The van der Waals surface area contributed by atoms with Gasteiger partial charge in [0, 0.05) is 12.0 Å². The van der Waals surface area contributed by atoms with Crippen LogP contribution in [0.1, 0.15) is 72.1 Å². The van der Waals surface area contributed by atoms with Gasteiger partial charge in [0.2, 0.25) is 5.78 Å². The number of hydrogen-bond donors (Lipinski definition) is 0. The number of allylic oxidation sites excluding steroid dienone is 1. The summed E-state index contributed by atoms with van der Waals surface area (Å²) >= 11 is 0. The number of carbonyl (C=O) groups excluding carboxylic acids is 3. The molecule has 1 amide bonds. The van der Waals surface area contributed by atoms with Gasteiger partial charge in [0.15, 0.2) is 0 Å². The van der Waals surface area contributed by atoms with Crippen molar-refractivity contribution in [3.63, 3.8) is 0 Å². The summed E-state index contributed by atoms with van der Waals surface area (Å²) in [6.45, 7) is 6.11. The summed E-state index contributed by atoms with van der Waals surface area (Å²) < 4.78 is 5.36. The molecular weight excluding hydrogens is 330 g/mol. The zero-order valence-electron chi connectivity index (χ0n) is 16.5. The van der Waals surface area contributed by atoms with Crippen LogP contribution in [0.2, 0.25) is 0 Å². The SMILES string of the molecule is CCC(C)(C)C(=O)C(=O)N1CCCC1C(=O)OC/C=C/C1CCCCC1. The molecule has 146 valence electrons. The van der Waals surface area contributed by atoms with Gasteiger partial charge in [-0.25, -0.2) is 4.79 Å². The Hall–Kier alpha value is -1.65. The second-order valence-electron chi connectivity index (χ2n) is 8.18. The number of likely N-dealkylation sites (tertiary alicyclic amines) is 1. The molecule has 26 heavy (non-hydrogen) atoms. The Kier molecular flexibility index (Phi) is 7.42. The maximum atomic E-state index is 12.6. The molecule has 1 heterocycles. The van der Waals surface area contributed by atoms with Crippen molar-refractivity contribution in [3.05, 3.63) is 12.2 Å². The highest BCUT2D eigenvalue weighted by atomic mass is 16.5. The highest BCUT2D eigenvalue weighted by Gasteiger charge is 2.41. The van der Waals surface area contributed by atoms with Crippen molar-refractivity contribution >= 4 is 17.7 Å². The van der Waals surface area contributed by atoms with E-state index in [1.807, 2.05) is 13.0 Å². The molecule has 2 fully saturated rings. The molecule has 0 spiro atoms. The van der Waals surface area contributed by atoms with Crippen LogP contribution in [-0.2, 0) is 19.1 Å². The monoisotopic (exact) mass is 363 g/mol. The molecule has 1 aliphatic carbocycles. The Morgan fingerprint density at radius 1 is 1.08 bits per heavy atom. The molecule has 1 saturated carbocycles. The normalized spacial score (nSPS) is 22.0. The summed E-state index contributed by atoms with van der Waals surface area (Å²) in [6.07, 6.45) is 12.2. The molecule has 2 aliphatic rings. The number of esters is 1. The minimum Gasteiger partial charge on any atom is -0.460 e. The lowest BCUT2D eigenvalue weighted by Crippen LogP contribution is -2.47. The maximum absolute atomic E-state index is 12.6. The van der Waals surface area contributed by atoms with Gasteiger partial charge in [-0.1, -0.05) is 52.2 Å². The lowest BCUT2D eigenvalue weighted by molar-refractivity contribution is -0.156. The van der Waals surface area contributed by atoms with Crippen LogP contribution in [0.25, 0.3) is 0 Å². The number of carbonyl (C=O) groups is 3. The number of hydrogen-bond acceptors (Lipinski definition) is 4. The standard InChI is InChI=1S/C21H33NO4/c1-4-21(2,3)18(23)19(24)22-14-8-13-17(22)20(25)26-15-9-12-16-10-6-5-7-11-16/h9,12,16-17H,4-8,10-11,13-15H2,1-3H3/b12-9+. The van der Waals surface area contributed by atoms with Crippen LogP contribution in [0.4, 0.5) is 0 Å². The Morgan fingerprint density at radius 3 is 2.42 bits per heavy atom. The molecule has 0 N–H and O–H groups in total. The molecule has 0 aromatic heterocycles. The van der Waals surface area contributed by atoms with Gasteiger partial charge in [0.05, 0.1) is 0 Å². The van der Waals surface area contributed by atoms with E-state index in [2.05, 4.69) is 6.08 Å². The molecule has 0 aromatic rings. The Bertz CT molecular complexity index is 546. The van der Waals surface area contributed by atoms with E-state index in [0.717, 1.165) is 6.42 Å². The molecule has 0 bridgehead atoms. The average Bonchev–Trinajstić information content (AvgIpc) is 3.14. The Labute approximate surface area is 157 Å². The van der Waals surface area contributed by atoms with Gasteiger partial charge in [-0.2, -0.15) is 0 Å². The highest BCUT2D eigenvalue weighted by molar-refractivity contribution is 6.38. The van der Waals surface area contributed by atoms with Gasteiger partial charge >= 0.3 is 5.97 Å². The second kappa shape index (κ2) is 9.33. The number of Topliss-reactive ketones (excluding diaryl/α,β-unsaturated/α-hetero) is 1. The van der Waals surface area contributed by atoms with E-state index < -0.39 is 29.1 Å². The topological polar surface area (TPSA) is 63.7 Å². The molecule has 5 nitrogen and oxygen atoms in total. The largest absolute Gasteiger partial charge is 0.460 e. The van der Waals surface area contributed by atoms with E-state index in [0.29, 0.717) is 25.3 Å². The van der Waals surface area contributed by atoms with Gasteiger partial charge in [0.25, 0.3) is 5.91 Å². The fourth-order valence-electron chi connectivity index (χ4n) is 3.64. The third-order valence-electron chi connectivity index (χ3n) is 5.86. The fraction of sp³-hybridized carbons (Fsp3) is 0.762. The first-order valence-electron chi connectivity index (χ1n) is 10.1. The van der Waals surface area contributed by atoms with Crippen molar-refractivity contribution < 1.29 is 19.1 Å². The average molecular weight is 363 g/mol. The zero-order chi connectivity index (χ0) is 19.2. The molecule has 1 atom stereocenters. The van der Waals surface area contributed by atoms with Crippen LogP contribution in [0.5, 0.6) is 0 Å². The van der Waals surface area contributed by atoms with E-state index >= 15 is 0 Å². The quantitative estimate of drug-likeness (QED) is 0.393. The van der Waals surface area contributed by atoms with Crippen molar-refractivity contribution in [2.45, 2.75) is 78.2 Å². The fourth-order valence-corrected chi connectivity index (χ4v) is 3.64. The van der Waals surface area contributed by atoms with Gasteiger partial charge in [0.1, 0.15) is 12.6 Å². The molecule has 5 heteroatoms. The summed E-state index contributed by atoms with van der Waals surface area (Å²) in [6, 6.07) is -0.623. The van der Waals surface area contributed by atoms with E-state index in [1.54, 1.807) is 13.8 Å². The summed E-state index contributed by atoms with van der Waals surface area (Å²) in [5, 5.41) is 0. The first-order valence-corrected chi connectivity index (χ1v) is 10.1. The van der Waals surface area contributed by atoms with Gasteiger partial charge in [-0.05, 0) is 38.0 Å². The summed E-state index contributed by atoms with van der Waals surface area (Å²) in [4.78, 5) is 38.8. The van der Waals surface area contributed by atoms with Crippen LogP contribution in [-0.4, -0.2) is 41.8 Å². The molecule has 1 unspecified atom stereocenters.